The number of alkyl halides is 1. The van der Waals surface area contributed by atoms with Gasteiger partial charge in [-0.15, -0.1) is 0 Å². The summed E-state index contributed by atoms with van der Waals surface area (Å²) in [6.07, 6.45) is -2.21. The zero-order valence-electron chi connectivity index (χ0n) is 7.57. The molecule has 0 radical (unpaired) electrons. The van der Waals surface area contributed by atoms with E-state index < -0.39 is 18.1 Å². The summed E-state index contributed by atoms with van der Waals surface area (Å²) in [6.45, 7) is 1.05. The second-order valence-electron chi connectivity index (χ2n) is 2.66. The number of ether oxygens (including phenoxy) is 1. The Morgan fingerprint density at radius 1 is 1.29 bits per heavy atom. The highest BCUT2D eigenvalue weighted by Gasteiger charge is 2.21. The molecule has 74 valence electrons. The smallest absolute Gasteiger partial charge is 0.305 e. The Morgan fingerprint density at radius 2 is 1.86 bits per heavy atom. The van der Waals surface area contributed by atoms with E-state index in [2.05, 4.69) is 4.74 Å². The summed E-state index contributed by atoms with van der Waals surface area (Å²) < 4.78 is 17.1. The van der Waals surface area contributed by atoms with Gasteiger partial charge in [0.2, 0.25) is 5.78 Å². The molecule has 0 aliphatic carbocycles. The van der Waals surface area contributed by atoms with Crippen LogP contribution in [0.2, 0.25) is 0 Å². The standard InChI is InChI=1S/C10H9FO3/c1-7(12)14-10(11)9(13)8-5-3-2-4-6-8/h2-6,10H,1H3/t10-/m1/s1. The minimum absolute atomic E-state index is 0.182. The first kappa shape index (κ1) is 10.4. The van der Waals surface area contributed by atoms with Crippen molar-refractivity contribution in [1.82, 2.24) is 0 Å². The van der Waals surface area contributed by atoms with E-state index in [1.807, 2.05) is 0 Å². The second-order valence-corrected chi connectivity index (χ2v) is 2.66. The first-order chi connectivity index (χ1) is 6.61. The fraction of sp³-hybridized carbons (Fsp3) is 0.200. The van der Waals surface area contributed by atoms with Gasteiger partial charge in [0, 0.05) is 12.5 Å². The summed E-state index contributed by atoms with van der Waals surface area (Å²) in [5.41, 5.74) is 0.182. The third kappa shape index (κ3) is 2.65. The van der Waals surface area contributed by atoms with Gasteiger partial charge < -0.3 is 4.74 Å². The molecule has 1 atom stereocenters. The highest BCUT2D eigenvalue weighted by atomic mass is 19.1. The molecule has 0 aliphatic rings. The van der Waals surface area contributed by atoms with E-state index in [0.717, 1.165) is 6.92 Å². The molecule has 0 N–H and O–H groups in total. The maximum atomic E-state index is 12.9. The van der Waals surface area contributed by atoms with Crippen molar-refractivity contribution in [2.75, 3.05) is 0 Å². The molecule has 4 heteroatoms. The topological polar surface area (TPSA) is 43.4 Å². The Labute approximate surface area is 80.5 Å². The molecule has 0 saturated carbocycles. The quantitative estimate of drug-likeness (QED) is 0.546. The Morgan fingerprint density at radius 3 is 2.36 bits per heavy atom. The van der Waals surface area contributed by atoms with Crippen LogP contribution in [0.1, 0.15) is 17.3 Å². The second kappa shape index (κ2) is 4.50. The van der Waals surface area contributed by atoms with Crippen molar-refractivity contribution >= 4 is 11.8 Å². The van der Waals surface area contributed by atoms with Crippen molar-refractivity contribution in [3.8, 4) is 0 Å². The fourth-order valence-electron chi connectivity index (χ4n) is 0.933. The van der Waals surface area contributed by atoms with Crippen LogP contribution in [0, 0.1) is 0 Å². The Hall–Kier alpha value is -1.71. The number of ketones is 1. The predicted octanol–water partition coefficient (Wildman–Crippen LogP) is 1.73. The molecule has 0 aliphatic heterocycles. The first-order valence-electron chi connectivity index (χ1n) is 4.02. The van der Waals surface area contributed by atoms with Gasteiger partial charge in [-0.2, -0.15) is 4.39 Å². The molecule has 1 aromatic rings. The number of carbonyl (C=O) groups is 2. The molecule has 0 amide bonds. The third-order valence-electron chi connectivity index (χ3n) is 1.53. The van der Waals surface area contributed by atoms with E-state index in [9.17, 15) is 14.0 Å². The van der Waals surface area contributed by atoms with Gasteiger partial charge in [0.25, 0.3) is 0 Å². The van der Waals surface area contributed by atoms with Gasteiger partial charge >= 0.3 is 12.3 Å². The lowest BCUT2D eigenvalue weighted by atomic mass is 10.1. The van der Waals surface area contributed by atoms with Gasteiger partial charge in [0.05, 0.1) is 0 Å². The van der Waals surface area contributed by atoms with Crippen molar-refractivity contribution in [1.29, 1.82) is 0 Å². The molecule has 0 saturated heterocycles. The molecule has 0 unspecified atom stereocenters. The van der Waals surface area contributed by atoms with Gasteiger partial charge in [0.1, 0.15) is 0 Å². The SMILES string of the molecule is CC(=O)O[C@@H](F)C(=O)c1ccccc1. The zero-order chi connectivity index (χ0) is 10.6. The average Bonchev–Trinajstić information content (AvgIpc) is 2.17. The maximum Gasteiger partial charge on any atom is 0.305 e. The number of carbonyl (C=O) groups excluding carboxylic acids is 2. The highest BCUT2D eigenvalue weighted by molar-refractivity contribution is 5.99. The summed E-state index contributed by atoms with van der Waals surface area (Å²) in [5, 5.41) is 0. The Kier molecular flexibility index (Phi) is 3.34. The van der Waals surface area contributed by atoms with Gasteiger partial charge in [-0.05, 0) is 0 Å². The van der Waals surface area contributed by atoms with Crippen LogP contribution in [-0.2, 0) is 9.53 Å². The van der Waals surface area contributed by atoms with Crippen LogP contribution in [0.4, 0.5) is 4.39 Å². The summed E-state index contributed by atoms with van der Waals surface area (Å²) in [4.78, 5) is 21.6. The van der Waals surface area contributed by atoms with Crippen molar-refractivity contribution in [2.45, 2.75) is 13.3 Å². The summed E-state index contributed by atoms with van der Waals surface area (Å²) in [7, 11) is 0. The van der Waals surface area contributed by atoms with E-state index in [1.165, 1.54) is 12.1 Å². The number of benzene rings is 1. The van der Waals surface area contributed by atoms with Crippen LogP contribution in [0.3, 0.4) is 0 Å². The van der Waals surface area contributed by atoms with Crippen LogP contribution in [0.15, 0.2) is 30.3 Å². The van der Waals surface area contributed by atoms with Crippen LogP contribution >= 0.6 is 0 Å². The van der Waals surface area contributed by atoms with Crippen LogP contribution in [0.5, 0.6) is 0 Å². The number of hydrogen-bond donors (Lipinski definition) is 0. The number of Topliss-reactive ketones (excluding diaryl/α,β-unsaturated/α-hetero) is 1. The summed E-state index contributed by atoms with van der Waals surface area (Å²) in [5.74, 6) is -1.66. The fourth-order valence-corrected chi connectivity index (χ4v) is 0.933. The van der Waals surface area contributed by atoms with E-state index in [1.54, 1.807) is 18.2 Å². The van der Waals surface area contributed by atoms with Crippen molar-refractivity contribution in [2.24, 2.45) is 0 Å². The molecule has 0 spiro atoms. The molecule has 14 heavy (non-hydrogen) atoms. The number of hydrogen-bond acceptors (Lipinski definition) is 3. The normalized spacial score (nSPS) is 11.9. The molecule has 3 nitrogen and oxygen atoms in total. The number of halogens is 1. The van der Waals surface area contributed by atoms with E-state index in [4.69, 9.17) is 0 Å². The van der Waals surface area contributed by atoms with Gasteiger partial charge in [-0.1, -0.05) is 30.3 Å². The third-order valence-corrected chi connectivity index (χ3v) is 1.53. The largest absolute Gasteiger partial charge is 0.423 e. The van der Waals surface area contributed by atoms with Crippen molar-refractivity contribution in [3.05, 3.63) is 35.9 Å². The number of esters is 1. The number of rotatable bonds is 3. The minimum atomic E-state index is -2.21. The molecule has 0 bridgehead atoms. The lowest BCUT2D eigenvalue weighted by molar-refractivity contribution is -0.150. The summed E-state index contributed by atoms with van der Waals surface area (Å²) in [6, 6.07) is 7.83. The maximum absolute atomic E-state index is 12.9. The van der Waals surface area contributed by atoms with E-state index in [0.29, 0.717) is 0 Å². The van der Waals surface area contributed by atoms with Crippen LogP contribution in [-0.4, -0.2) is 18.1 Å². The lowest BCUT2D eigenvalue weighted by Crippen LogP contribution is -2.21. The minimum Gasteiger partial charge on any atom is -0.423 e. The van der Waals surface area contributed by atoms with E-state index >= 15 is 0 Å². The molecule has 1 aromatic carbocycles. The zero-order valence-corrected chi connectivity index (χ0v) is 7.57. The average molecular weight is 196 g/mol. The highest BCUT2D eigenvalue weighted by Crippen LogP contribution is 2.07. The lowest BCUT2D eigenvalue weighted by Gasteiger charge is -2.06. The molecule has 0 aromatic heterocycles. The molecule has 0 fully saturated rings. The molecular weight excluding hydrogens is 187 g/mol. The van der Waals surface area contributed by atoms with Crippen molar-refractivity contribution < 1.29 is 18.7 Å². The summed E-state index contributed by atoms with van der Waals surface area (Å²) >= 11 is 0. The van der Waals surface area contributed by atoms with Gasteiger partial charge in [-0.3, -0.25) is 9.59 Å². The van der Waals surface area contributed by atoms with Gasteiger partial charge in [0.15, 0.2) is 0 Å². The van der Waals surface area contributed by atoms with Crippen molar-refractivity contribution in [3.63, 3.8) is 0 Å². The van der Waals surface area contributed by atoms with Crippen LogP contribution < -0.4 is 0 Å². The first-order valence-corrected chi connectivity index (χ1v) is 4.02. The Balaban J connectivity index is 2.71. The van der Waals surface area contributed by atoms with Crippen LogP contribution in [0.25, 0.3) is 0 Å². The molecular formula is C10H9FO3. The van der Waals surface area contributed by atoms with E-state index in [-0.39, 0.29) is 5.56 Å². The molecule has 0 heterocycles. The predicted molar refractivity (Wildman–Crippen MR) is 47.4 cm³/mol. The Bertz CT molecular complexity index is 334. The molecule has 1 rings (SSSR count). The van der Waals surface area contributed by atoms with Gasteiger partial charge in [-0.25, -0.2) is 0 Å². The monoisotopic (exact) mass is 196 g/mol.